The molecular weight excluding hydrogens is 398 g/mol. The van der Waals surface area contributed by atoms with Crippen LogP contribution in [0.3, 0.4) is 0 Å². The maximum absolute atomic E-state index is 13.1. The lowest BCUT2D eigenvalue weighted by Crippen LogP contribution is -2.32. The molecule has 0 bridgehead atoms. The molecule has 0 radical (unpaired) electrons. The summed E-state index contributed by atoms with van der Waals surface area (Å²) >= 11 is 0. The van der Waals surface area contributed by atoms with Crippen LogP contribution in [0.4, 0.5) is 0 Å². The number of carbonyl (C=O) groups is 1. The molecule has 0 spiro atoms. The predicted molar refractivity (Wildman–Crippen MR) is 125 cm³/mol. The van der Waals surface area contributed by atoms with Crippen molar-refractivity contribution >= 4 is 5.91 Å². The zero-order valence-electron chi connectivity index (χ0n) is 18.3. The zero-order valence-corrected chi connectivity index (χ0v) is 18.3. The number of aromatic nitrogens is 2. The first-order valence-corrected chi connectivity index (χ1v) is 10.9. The smallest absolute Gasteiger partial charge is 0.228 e. The van der Waals surface area contributed by atoms with Gasteiger partial charge in [-0.3, -0.25) is 4.79 Å². The van der Waals surface area contributed by atoms with Crippen LogP contribution in [0.2, 0.25) is 0 Å². The minimum absolute atomic E-state index is 0.121. The van der Waals surface area contributed by atoms with E-state index in [2.05, 4.69) is 22.3 Å². The van der Waals surface area contributed by atoms with E-state index in [0.29, 0.717) is 37.6 Å². The molecule has 162 valence electrons. The van der Waals surface area contributed by atoms with Gasteiger partial charge in [0.05, 0.1) is 0 Å². The van der Waals surface area contributed by atoms with Crippen molar-refractivity contribution in [1.82, 2.24) is 15.0 Å². The lowest BCUT2D eigenvalue weighted by atomic mass is 10.1. The fraction of sp³-hybridized carbons (Fsp3) is 0.222. The Morgan fingerprint density at radius 1 is 0.844 bits per heavy atom. The topological polar surface area (TPSA) is 59.2 Å². The van der Waals surface area contributed by atoms with Gasteiger partial charge in [0.1, 0.15) is 0 Å². The molecule has 0 aliphatic heterocycles. The van der Waals surface area contributed by atoms with Gasteiger partial charge in [0.25, 0.3) is 0 Å². The lowest BCUT2D eigenvalue weighted by Gasteiger charge is -2.22. The third-order valence-electron chi connectivity index (χ3n) is 5.41. The lowest BCUT2D eigenvalue weighted by molar-refractivity contribution is -0.131. The molecule has 4 aromatic rings. The molecule has 0 atom stereocenters. The average molecular weight is 426 g/mol. The average Bonchev–Trinajstić information content (AvgIpc) is 3.31. The summed E-state index contributed by atoms with van der Waals surface area (Å²) < 4.78 is 5.46. The summed E-state index contributed by atoms with van der Waals surface area (Å²) in [6.45, 7) is 3.13. The van der Waals surface area contributed by atoms with Crippen molar-refractivity contribution in [1.29, 1.82) is 0 Å². The Hall–Kier alpha value is -3.73. The van der Waals surface area contributed by atoms with Crippen molar-refractivity contribution < 1.29 is 9.32 Å². The fourth-order valence-corrected chi connectivity index (χ4v) is 3.56. The van der Waals surface area contributed by atoms with Crippen LogP contribution in [-0.2, 0) is 24.2 Å². The highest BCUT2D eigenvalue weighted by Crippen LogP contribution is 2.17. The summed E-state index contributed by atoms with van der Waals surface area (Å²) in [6.07, 6.45) is 1.71. The highest BCUT2D eigenvalue weighted by atomic mass is 16.5. The van der Waals surface area contributed by atoms with E-state index < -0.39 is 0 Å². The summed E-state index contributed by atoms with van der Waals surface area (Å²) in [7, 11) is 0. The van der Waals surface area contributed by atoms with E-state index in [4.69, 9.17) is 4.52 Å². The minimum Gasteiger partial charge on any atom is -0.339 e. The van der Waals surface area contributed by atoms with Gasteiger partial charge in [0, 0.05) is 31.5 Å². The van der Waals surface area contributed by atoms with Crippen LogP contribution in [0, 0.1) is 6.92 Å². The minimum atomic E-state index is 0.121. The molecule has 0 saturated carbocycles. The van der Waals surface area contributed by atoms with Gasteiger partial charge in [-0.05, 0) is 24.5 Å². The van der Waals surface area contributed by atoms with Gasteiger partial charge >= 0.3 is 0 Å². The second-order valence-electron chi connectivity index (χ2n) is 7.91. The van der Waals surface area contributed by atoms with Gasteiger partial charge in [-0.15, -0.1) is 0 Å². The second kappa shape index (κ2) is 10.5. The summed E-state index contributed by atoms with van der Waals surface area (Å²) in [5.41, 5.74) is 4.38. The molecule has 0 fully saturated rings. The standard InChI is InChI=1S/C27H27N3O2/c1-21-12-15-24(16-13-21)27-28-25(32-29-27)18-19-30(20-23-10-6-3-7-11-23)26(31)17-14-22-8-4-2-5-9-22/h2-13,15-16H,14,17-20H2,1H3. The van der Waals surface area contributed by atoms with Crippen molar-refractivity contribution in [3.63, 3.8) is 0 Å². The monoisotopic (exact) mass is 425 g/mol. The molecule has 0 aliphatic carbocycles. The number of aryl methyl sites for hydroxylation is 2. The van der Waals surface area contributed by atoms with Crippen molar-refractivity contribution in [3.05, 3.63) is 108 Å². The van der Waals surface area contributed by atoms with Gasteiger partial charge in [-0.2, -0.15) is 4.98 Å². The second-order valence-corrected chi connectivity index (χ2v) is 7.91. The van der Waals surface area contributed by atoms with Crippen LogP contribution in [-0.4, -0.2) is 27.5 Å². The van der Waals surface area contributed by atoms with E-state index in [1.807, 2.05) is 84.6 Å². The van der Waals surface area contributed by atoms with E-state index in [0.717, 1.165) is 17.5 Å². The third-order valence-corrected chi connectivity index (χ3v) is 5.41. The Bertz CT molecular complexity index is 1120. The predicted octanol–water partition coefficient (Wildman–Crippen LogP) is 5.25. The molecule has 0 aliphatic rings. The van der Waals surface area contributed by atoms with Gasteiger partial charge in [-0.1, -0.05) is 95.6 Å². The summed E-state index contributed by atoms with van der Waals surface area (Å²) in [5, 5.41) is 4.11. The Kier molecular flexibility index (Phi) is 7.08. The first kappa shape index (κ1) is 21.5. The first-order valence-electron chi connectivity index (χ1n) is 10.9. The molecule has 5 heteroatoms. The van der Waals surface area contributed by atoms with Crippen molar-refractivity contribution in [2.45, 2.75) is 32.7 Å². The van der Waals surface area contributed by atoms with Crippen LogP contribution in [0.1, 0.15) is 29.0 Å². The summed E-state index contributed by atoms with van der Waals surface area (Å²) in [4.78, 5) is 19.5. The third kappa shape index (κ3) is 5.91. The maximum Gasteiger partial charge on any atom is 0.228 e. The Morgan fingerprint density at radius 2 is 1.50 bits per heavy atom. The van der Waals surface area contributed by atoms with E-state index in [9.17, 15) is 4.79 Å². The Labute approximate surface area is 188 Å². The van der Waals surface area contributed by atoms with Crippen LogP contribution < -0.4 is 0 Å². The number of benzene rings is 3. The van der Waals surface area contributed by atoms with Crippen molar-refractivity contribution in [2.75, 3.05) is 6.54 Å². The van der Waals surface area contributed by atoms with Crippen LogP contribution in [0.25, 0.3) is 11.4 Å². The van der Waals surface area contributed by atoms with E-state index in [-0.39, 0.29) is 5.91 Å². The molecule has 1 amide bonds. The largest absolute Gasteiger partial charge is 0.339 e. The number of nitrogens with zero attached hydrogens (tertiary/aromatic N) is 3. The molecule has 1 aromatic heterocycles. The number of rotatable bonds is 9. The molecule has 0 N–H and O–H groups in total. The van der Waals surface area contributed by atoms with E-state index >= 15 is 0 Å². The number of amides is 1. The van der Waals surface area contributed by atoms with Gasteiger partial charge < -0.3 is 9.42 Å². The Balaban J connectivity index is 1.41. The quantitative estimate of drug-likeness (QED) is 0.368. The molecule has 1 heterocycles. The van der Waals surface area contributed by atoms with E-state index in [1.165, 1.54) is 11.1 Å². The number of hydrogen-bond acceptors (Lipinski definition) is 4. The van der Waals surface area contributed by atoms with Gasteiger partial charge in [-0.25, -0.2) is 0 Å². The number of carbonyl (C=O) groups excluding carboxylic acids is 1. The SMILES string of the molecule is Cc1ccc(-c2noc(CCN(Cc3ccccc3)C(=O)CCc3ccccc3)n2)cc1. The van der Waals surface area contributed by atoms with Crippen molar-refractivity contribution in [2.24, 2.45) is 0 Å². The Morgan fingerprint density at radius 3 is 2.19 bits per heavy atom. The normalized spacial score (nSPS) is 10.8. The summed E-state index contributed by atoms with van der Waals surface area (Å²) in [6, 6.07) is 28.2. The highest BCUT2D eigenvalue weighted by molar-refractivity contribution is 5.76. The molecule has 3 aromatic carbocycles. The molecule has 4 rings (SSSR count). The van der Waals surface area contributed by atoms with Gasteiger partial charge in [0.15, 0.2) is 0 Å². The number of hydrogen-bond donors (Lipinski definition) is 0. The molecule has 5 nitrogen and oxygen atoms in total. The van der Waals surface area contributed by atoms with E-state index in [1.54, 1.807) is 0 Å². The van der Waals surface area contributed by atoms with Gasteiger partial charge in [0.2, 0.25) is 17.6 Å². The molecular formula is C27H27N3O2. The van der Waals surface area contributed by atoms with Crippen LogP contribution in [0.5, 0.6) is 0 Å². The highest BCUT2D eigenvalue weighted by Gasteiger charge is 2.16. The zero-order chi connectivity index (χ0) is 22.2. The van der Waals surface area contributed by atoms with Crippen molar-refractivity contribution in [3.8, 4) is 11.4 Å². The maximum atomic E-state index is 13.1. The fourth-order valence-electron chi connectivity index (χ4n) is 3.56. The molecule has 0 saturated heterocycles. The van der Waals surface area contributed by atoms with Crippen LogP contribution >= 0.6 is 0 Å². The summed E-state index contributed by atoms with van der Waals surface area (Å²) in [5.74, 6) is 1.23. The molecule has 0 unspecified atom stereocenters. The van der Waals surface area contributed by atoms with Crippen LogP contribution in [0.15, 0.2) is 89.5 Å². The first-order chi connectivity index (χ1) is 15.7. The molecule has 32 heavy (non-hydrogen) atoms.